The van der Waals surface area contributed by atoms with E-state index in [1.807, 2.05) is 24.5 Å². The number of thioether (sulfide) groups is 1. The maximum absolute atomic E-state index is 12.9. The number of fused-ring (bicyclic) bond motifs is 1. The van der Waals surface area contributed by atoms with E-state index in [0.717, 1.165) is 10.9 Å². The van der Waals surface area contributed by atoms with Crippen LogP contribution in [-0.4, -0.2) is 54.3 Å². The molecular formula is C22H26N4O4S. The van der Waals surface area contributed by atoms with Crippen molar-refractivity contribution < 1.29 is 19.1 Å². The standard InChI is InChI=1S/C22H26N4O4S/c1-30-20-5-3-4-17-16(20)10-18(26-17)19(27)9-14(12-31-2)22(29)25-15(11-23)8-13-6-7-24-21(13)28/h3-5,10,13-15,26H,6-9,12H2,1-2H3,(H,24,28)(H,25,29)/t13-,14-,15-/m0/s1. The van der Waals surface area contributed by atoms with E-state index in [0.29, 0.717) is 30.2 Å². The maximum atomic E-state index is 12.9. The molecule has 0 aliphatic carbocycles. The molecule has 1 aliphatic rings. The van der Waals surface area contributed by atoms with Crippen LogP contribution in [0.3, 0.4) is 0 Å². The molecular weight excluding hydrogens is 416 g/mol. The highest BCUT2D eigenvalue weighted by Gasteiger charge is 2.30. The van der Waals surface area contributed by atoms with Crippen LogP contribution in [0.1, 0.15) is 29.8 Å². The van der Waals surface area contributed by atoms with Crippen LogP contribution in [0.5, 0.6) is 5.75 Å². The number of carbonyl (C=O) groups is 3. The van der Waals surface area contributed by atoms with Gasteiger partial charge in [0.1, 0.15) is 11.8 Å². The second-order valence-corrected chi connectivity index (χ2v) is 8.50. The molecule has 3 atom stereocenters. The predicted molar refractivity (Wildman–Crippen MR) is 119 cm³/mol. The summed E-state index contributed by atoms with van der Waals surface area (Å²) in [4.78, 5) is 40.6. The lowest BCUT2D eigenvalue weighted by molar-refractivity contribution is -0.126. The van der Waals surface area contributed by atoms with Gasteiger partial charge in [0.15, 0.2) is 5.78 Å². The van der Waals surface area contributed by atoms with Crippen molar-refractivity contribution in [1.29, 1.82) is 5.26 Å². The molecule has 1 aromatic heterocycles. The number of hydrogen-bond acceptors (Lipinski definition) is 6. The summed E-state index contributed by atoms with van der Waals surface area (Å²) in [6.45, 7) is 0.592. The first-order valence-electron chi connectivity index (χ1n) is 10.1. The average Bonchev–Trinajstić information content (AvgIpc) is 3.38. The van der Waals surface area contributed by atoms with E-state index >= 15 is 0 Å². The van der Waals surface area contributed by atoms with Crippen LogP contribution in [-0.2, 0) is 9.59 Å². The van der Waals surface area contributed by atoms with E-state index in [9.17, 15) is 19.6 Å². The van der Waals surface area contributed by atoms with Gasteiger partial charge in [-0.2, -0.15) is 17.0 Å². The highest BCUT2D eigenvalue weighted by molar-refractivity contribution is 7.98. The molecule has 0 radical (unpaired) electrons. The van der Waals surface area contributed by atoms with E-state index in [1.165, 1.54) is 11.8 Å². The molecule has 1 aliphatic heterocycles. The Morgan fingerprint density at radius 2 is 2.23 bits per heavy atom. The van der Waals surface area contributed by atoms with Crippen molar-refractivity contribution in [2.45, 2.75) is 25.3 Å². The maximum Gasteiger partial charge on any atom is 0.225 e. The fraction of sp³-hybridized carbons (Fsp3) is 0.455. The molecule has 1 fully saturated rings. The molecule has 0 unspecified atom stereocenters. The van der Waals surface area contributed by atoms with Crippen LogP contribution in [0.4, 0.5) is 0 Å². The van der Waals surface area contributed by atoms with Gasteiger partial charge in [-0.25, -0.2) is 0 Å². The van der Waals surface area contributed by atoms with Gasteiger partial charge >= 0.3 is 0 Å². The smallest absolute Gasteiger partial charge is 0.225 e. The molecule has 31 heavy (non-hydrogen) atoms. The number of nitriles is 1. The van der Waals surface area contributed by atoms with Crippen LogP contribution in [0.15, 0.2) is 24.3 Å². The number of methoxy groups -OCH3 is 1. The zero-order valence-electron chi connectivity index (χ0n) is 17.6. The molecule has 2 amide bonds. The summed E-state index contributed by atoms with van der Waals surface area (Å²) >= 11 is 1.46. The van der Waals surface area contributed by atoms with Crippen LogP contribution in [0, 0.1) is 23.2 Å². The summed E-state index contributed by atoms with van der Waals surface area (Å²) in [6.07, 6.45) is 2.81. The minimum atomic E-state index is -0.766. The first-order chi connectivity index (χ1) is 15.0. The van der Waals surface area contributed by atoms with Gasteiger partial charge in [0.25, 0.3) is 0 Å². The van der Waals surface area contributed by atoms with Crippen molar-refractivity contribution >= 4 is 40.3 Å². The predicted octanol–water partition coefficient (Wildman–Crippen LogP) is 2.26. The number of nitrogens with zero attached hydrogens (tertiary/aromatic N) is 1. The number of amides is 2. The number of nitrogens with one attached hydrogen (secondary N) is 3. The summed E-state index contributed by atoms with van der Waals surface area (Å²) in [5, 5.41) is 15.7. The number of Topliss-reactive ketones (excluding diaryl/α,β-unsaturated/α-hetero) is 1. The molecule has 3 rings (SSSR count). The van der Waals surface area contributed by atoms with Gasteiger partial charge in [0.2, 0.25) is 11.8 Å². The van der Waals surface area contributed by atoms with E-state index in [1.54, 1.807) is 13.2 Å². The third kappa shape index (κ3) is 5.39. The van der Waals surface area contributed by atoms with Gasteiger partial charge in [-0.15, -0.1) is 0 Å². The second kappa shape index (κ2) is 10.4. The third-order valence-electron chi connectivity index (χ3n) is 5.47. The number of carbonyl (C=O) groups excluding carboxylic acids is 3. The zero-order valence-corrected chi connectivity index (χ0v) is 18.4. The monoisotopic (exact) mass is 442 g/mol. The molecule has 164 valence electrons. The first-order valence-corrected chi connectivity index (χ1v) is 11.5. The van der Waals surface area contributed by atoms with Crippen molar-refractivity contribution in [3.8, 4) is 11.8 Å². The highest BCUT2D eigenvalue weighted by Crippen LogP contribution is 2.27. The van der Waals surface area contributed by atoms with E-state index < -0.39 is 12.0 Å². The topological polar surface area (TPSA) is 124 Å². The summed E-state index contributed by atoms with van der Waals surface area (Å²) in [5.41, 5.74) is 1.20. The Balaban J connectivity index is 1.68. The number of ketones is 1. The SMILES string of the molecule is COc1cccc2[nH]c(C(=O)C[C@@H](CSC)C(=O)N[C@H](C#N)C[C@@H]3CCNC3=O)cc12. The minimum Gasteiger partial charge on any atom is -0.496 e. The number of aromatic nitrogens is 1. The van der Waals surface area contributed by atoms with Crippen LogP contribution < -0.4 is 15.4 Å². The van der Waals surface area contributed by atoms with Gasteiger partial charge in [0.05, 0.1) is 24.8 Å². The lowest BCUT2D eigenvalue weighted by atomic mass is 9.97. The number of hydrogen-bond donors (Lipinski definition) is 3. The van der Waals surface area contributed by atoms with Crippen molar-refractivity contribution in [3.05, 3.63) is 30.0 Å². The molecule has 2 aromatic rings. The van der Waals surface area contributed by atoms with Crippen LogP contribution >= 0.6 is 11.8 Å². The summed E-state index contributed by atoms with van der Waals surface area (Å²) in [7, 11) is 1.57. The average molecular weight is 443 g/mol. The van der Waals surface area contributed by atoms with Gasteiger partial charge in [0, 0.05) is 35.5 Å². The lowest BCUT2D eigenvalue weighted by Crippen LogP contribution is -2.41. The Hall–Kier alpha value is -2.99. The second-order valence-electron chi connectivity index (χ2n) is 7.59. The van der Waals surface area contributed by atoms with E-state index in [2.05, 4.69) is 21.7 Å². The Morgan fingerprint density at radius 3 is 2.87 bits per heavy atom. The minimum absolute atomic E-state index is 0.0177. The molecule has 0 spiro atoms. The zero-order chi connectivity index (χ0) is 22.4. The van der Waals surface area contributed by atoms with Crippen molar-refractivity contribution in [2.24, 2.45) is 11.8 Å². The Bertz CT molecular complexity index is 1010. The van der Waals surface area contributed by atoms with Crippen molar-refractivity contribution in [1.82, 2.24) is 15.6 Å². The quantitative estimate of drug-likeness (QED) is 0.485. The molecule has 2 heterocycles. The fourth-order valence-corrected chi connectivity index (χ4v) is 4.48. The number of benzene rings is 1. The molecule has 1 aromatic carbocycles. The molecule has 3 N–H and O–H groups in total. The summed E-state index contributed by atoms with van der Waals surface area (Å²) in [6, 6.07) is 8.56. The fourth-order valence-electron chi connectivity index (χ4n) is 3.81. The van der Waals surface area contributed by atoms with Crippen LogP contribution in [0.25, 0.3) is 10.9 Å². The van der Waals surface area contributed by atoms with Crippen molar-refractivity contribution in [2.75, 3.05) is 25.7 Å². The van der Waals surface area contributed by atoms with Crippen molar-refractivity contribution in [3.63, 3.8) is 0 Å². The number of ether oxygens (including phenoxy) is 1. The highest BCUT2D eigenvalue weighted by atomic mass is 32.2. The Kier molecular flexibility index (Phi) is 7.58. The normalized spacial score (nSPS) is 17.6. The third-order valence-corrected chi connectivity index (χ3v) is 6.21. The van der Waals surface area contributed by atoms with Gasteiger partial charge in [-0.3, -0.25) is 14.4 Å². The molecule has 1 saturated heterocycles. The number of H-pyrrole nitrogens is 1. The number of aromatic amines is 1. The van der Waals surface area contributed by atoms with E-state index in [-0.39, 0.29) is 36.4 Å². The van der Waals surface area contributed by atoms with Gasteiger partial charge in [-0.1, -0.05) is 6.07 Å². The van der Waals surface area contributed by atoms with Gasteiger partial charge < -0.3 is 20.4 Å². The lowest BCUT2D eigenvalue weighted by Gasteiger charge is -2.19. The molecule has 0 saturated carbocycles. The Labute approximate surface area is 185 Å². The van der Waals surface area contributed by atoms with E-state index in [4.69, 9.17) is 4.74 Å². The first kappa shape index (κ1) is 22.7. The molecule has 8 nitrogen and oxygen atoms in total. The largest absolute Gasteiger partial charge is 0.496 e. The molecule has 9 heteroatoms. The molecule has 0 bridgehead atoms. The number of rotatable bonds is 10. The Morgan fingerprint density at radius 1 is 1.42 bits per heavy atom. The van der Waals surface area contributed by atoms with Crippen LogP contribution in [0.2, 0.25) is 0 Å². The summed E-state index contributed by atoms with van der Waals surface area (Å²) < 4.78 is 5.34. The van der Waals surface area contributed by atoms with Gasteiger partial charge in [-0.05, 0) is 37.3 Å². The summed E-state index contributed by atoms with van der Waals surface area (Å²) in [5.74, 6) is -0.351.